The van der Waals surface area contributed by atoms with Crippen LogP contribution in [0, 0.1) is 30.3 Å². The number of anilines is 1. The van der Waals surface area contributed by atoms with Crippen molar-refractivity contribution in [2.45, 2.75) is 0 Å². The van der Waals surface area contributed by atoms with Crippen LogP contribution in [0.25, 0.3) is 6.08 Å². The molecule has 0 bridgehead atoms. The van der Waals surface area contributed by atoms with Gasteiger partial charge in [-0.3, -0.25) is 40.0 Å². The second-order valence-electron chi connectivity index (χ2n) is 7.13. The lowest BCUT2D eigenvalue weighted by Crippen LogP contribution is -2.27. The normalized spacial score (nSPS) is 14.2. The molecule has 0 unspecified atom stereocenters. The monoisotopic (exact) mass is 524 g/mol. The Balaban J connectivity index is 1.54. The summed E-state index contributed by atoms with van der Waals surface area (Å²) < 4.78 is 5.75. The van der Waals surface area contributed by atoms with E-state index < -0.39 is 32.1 Å². The SMILES string of the molecule is O=C1/C(=C/c2ccc(Oc3ccc([N+](=O)[O-])cc3[N+](=O)[O-])cc2)SC(=S)N1c1cccc([N+](=O)[O-])c1. The van der Waals surface area contributed by atoms with Crippen LogP contribution in [0.5, 0.6) is 11.5 Å². The predicted octanol–water partition coefficient (Wildman–Crippen LogP) is 5.61. The second-order valence-corrected chi connectivity index (χ2v) is 8.81. The van der Waals surface area contributed by atoms with Crippen LogP contribution in [-0.4, -0.2) is 25.0 Å². The van der Waals surface area contributed by atoms with Gasteiger partial charge in [-0.2, -0.15) is 0 Å². The third-order valence-electron chi connectivity index (χ3n) is 4.85. The van der Waals surface area contributed by atoms with Crippen LogP contribution in [0.2, 0.25) is 0 Å². The Bertz CT molecular complexity index is 1470. The zero-order valence-corrected chi connectivity index (χ0v) is 19.4. The van der Waals surface area contributed by atoms with Crippen molar-refractivity contribution < 1.29 is 24.3 Å². The Kier molecular flexibility index (Phi) is 6.71. The minimum Gasteiger partial charge on any atom is -0.450 e. The van der Waals surface area contributed by atoms with Gasteiger partial charge in [0.25, 0.3) is 17.3 Å². The van der Waals surface area contributed by atoms with Gasteiger partial charge < -0.3 is 4.74 Å². The van der Waals surface area contributed by atoms with Crippen LogP contribution in [0.15, 0.2) is 71.6 Å². The van der Waals surface area contributed by atoms with E-state index in [1.54, 1.807) is 24.3 Å². The van der Waals surface area contributed by atoms with E-state index in [4.69, 9.17) is 17.0 Å². The van der Waals surface area contributed by atoms with Gasteiger partial charge in [0.1, 0.15) is 5.75 Å². The number of thiocarbonyl (C=S) groups is 1. The first-order chi connectivity index (χ1) is 17.1. The number of carbonyl (C=O) groups is 1. The summed E-state index contributed by atoms with van der Waals surface area (Å²) in [4.78, 5) is 45.6. The first-order valence-electron chi connectivity index (χ1n) is 9.87. The summed E-state index contributed by atoms with van der Waals surface area (Å²) in [7, 11) is 0. The number of hydrogen-bond acceptors (Lipinski definition) is 10. The molecule has 180 valence electrons. The van der Waals surface area contributed by atoms with Crippen LogP contribution in [0.4, 0.5) is 22.7 Å². The smallest absolute Gasteiger partial charge is 0.318 e. The Morgan fingerprint density at radius 3 is 2.17 bits per heavy atom. The summed E-state index contributed by atoms with van der Waals surface area (Å²) in [5.41, 5.74) is -0.289. The molecule has 1 heterocycles. The number of carbonyl (C=O) groups excluding carboxylic acids is 1. The summed E-state index contributed by atoms with van der Waals surface area (Å²) in [6.45, 7) is 0. The third-order valence-corrected chi connectivity index (χ3v) is 6.15. The molecule has 1 amide bonds. The largest absolute Gasteiger partial charge is 0.450 e. The number of amides is 1. The Hall–Kier alpha value is -4.69. The van der Waals surface area contributed by atoms with Crippen molar-refractivity contribution >= 4 is 63.0 Å². The van der Waals surface area contributed by atoms with E-state index in [0.717, 1.165) is 30.0 Å². The highest BCUT2D eigenvalue weighted by atomic mass is 32.2. The van der Waals surface area contributed by atoms with Gasteiger partial charge in [-0.25, -0.2) is 0 Å². The number of nitro groups is 3. The number of nitrogens with zero attached hydrogens (tertiary/aromatic N) is 4. The van der Waals surface area contributed by atoms with E-state index in [0.29, 0.717) is 10.5 Å². The van der Waals surface area contributed by atoms with Gasteiger partial charge in [0.15, 0.2) is 4.32 Å². The zero-order valence-electron chi connectivity index (χ0n) is 17.8. The van der Waals surface area contributed by atoms with Crippen molar-refractivity contribution in [3.8, 4) is 11.5 Å². The number of hydrogen-bond donors (Lipinski definition) is 0. The number of rotatable bonds is 7. The molecule has 1 aliphatic heterocycles. The van der Waals surface area contributed by atoms with Crippen molar-refractivity contribution in [3.63, 3.8) is 0 Å². The fourth-order valence-electron chi connectivity index (χ4n) is 3.19. The number of benzene rings is 3. The van der Waals surface area contributed by atoms with Gasteiger partial charge >= 0.3 is 5.69 Å². The van der Waals surface area contributed by atoms with Gasteiger partial charge in [-0.15, -0.1) is 0 Å². The maximum absolute atomic E-state index is 12.9. The first-order valence-corrected chi connectivity index (χ1v) is 11.1. The van der Waals surface area contributed by atoms with E-state index in [2.05, 4.69) is 0 Å². The summed E-state index contributed by atoms with van der Waals surface area (Å²) in [6, 6.07) is 14.9. The molecule has 0 saturated carbocycles. The topological polar surface area (TPSA) is 159 Å². The summed E-state index contributed by atoms with van der Waals surface area (Å²) in [5, 5.41) is 33.2. The lowest BCUT2D eigenvalue weighted by Gasteiger charge is -2.13. The molecule has 4 rings (SSSR count). The van der Waals surface area contributed by atoms with Crippen LogP contribution >= 0.6 is 24.0 Å². The van der Waals surface area contributed by atoms with E-state index in [1.807, 2.05) is 0 Å². The molecule has 1 fully saturated rings. The maximum Gasteiger partial charge on any atom is 0.318 e. The maximum atomic E-state index is 12.9. The molecule has 12 nitrogen and oxygen atoms in total. The Morgan fingerprint density at radius 1 is 0.861 bits per heavy atom. The lowest BCUT2D eigenvalue weighted by atomic mass is 10.2. The van der Waals surface area contributed by atoms with Crippen molar-refractivity contribution in [1.82, 2.24) is 0 Å². The van der Waals surface area contributed by atoms with Gasteiger partial charge in [0.05, 0.1) is 31.4 Å². The fraction of sp³-hybridized carbons (Fsp3) is 0. The number of nitro benzene ring substituents is 3. The van der Waals surface area contributed by atoms with Crippen LogP contribution < -0.4 is 9.64 Å². The van der Waals surface area contributed by atoms with Crippen LogP contribution in [-0.2, 0) is 4.79 Å². The van der Waals surface area contributed by atoms with Gasteiger partial charge in [-0.1, -0.05) is 42.2 Å². The highest BCUT2D eigenvalue weighted by molar-refractivity contribution is 8.27. The molecule has 14 heteroatoms. The average Bonchev–Trinajstić information content (AvgIpc) is 3.12. The molecule has 1 aliphatic rings. The fourth-order valence-corrected chi connectivity index (χ4v) is 4.49. The molecule has 0 aromatic heterocycles. The van der Waals surface area contributed by atoms with Crippen molar-refractivity contribution in [1.29, 1.82) is 0 Å². The molecule has 0 atom stereocenters. The van der Waals surface area contributed by atoms with Gasteiger partial charge in [0, 0.05) is 18.2 Å². The molecule has 1 saturated heterocycles. The van der Waals surface area contributed by atoms with Crippen molar-refractivity contribution in [2.24, 2.45) is 0 Å². The highest BCUT2D eigenvalue weighted by Gasteiger charge is 2.34. The van der Waals surface area contributed by atoms with Crippen molar-refractivity contribution in [2.75, 3.05) is 4.90 Å². The van der Waals surface area contributed by atoms with E-state index in [-0.39, 0.29) is 27.2 Å². The Labute approximate surface area is 211 Å². The molecule has 36 heavy (non-hydrogen) atoms. The molecule has 0 N–H and O–H groups in total. The minimum atomic E-state index is -0.778. The molecule has 0 spiro atoms. The number of non-ortho nitro benzene ring substituents is 2. The van der Waals surface area contributed by atoms with Crippen LogP contribution in [0.1, 0.15) is 5.56 Å². The second kappa shape index (κ2) is 9.89. The van der Waals surface area contributed by atoms with Gasteiger partial charge in [-0.05, 0) is 35.9 Å². The molecular formula is C22H12N4O8S2. The Morgan fingerprint density at radius 2 is 1.53 bits per heavy atom. The first kappa shape index (κ1) is 24.4. The van der Waals surface area contributed by atoms with E-state index in [1.165, 1.54) is 35.2 Å². The molecular weight excluding hydrogens is 512 g/mol. The van der Waals surface area contributed by atoms with Gasteiger partial charge in [0.2, 0.25) is 5.75 Å². The number of thioether (sulfide) groups is 1. The zero-order chi connectivity index (χ0) is 26.0. The number of ether oxygens (including phenoxy) is 1. The summed E-state index contributed by atoms with van der Waals surface area (Å²) >= 11 is 6.33. The lowest BCUT2D eigenvalue weighted by molar-refractivity contribution is -0.394. The highest BCUT2D eigenvalue weighted by Crippen LogP contribution is 2.38. The molecule has 3 aromatic carbocycles. The van der Waals surface area contributed by atoms with E-state index in [9.17, 15) is 35.1 Å². The standard InChI is InChI=1S/C22H12N4O8S2/c27-21-20(36-22(35)23(21)14-2-1-3-15(11-14)24(28)29)10-13-4-7-17(8-5-13)34-19-9-6-16(25(30)31)12-18(19)26(32)33/h1-12H/b20-10-. The van der Waals surface area contributed by atoms with Crippen LogP contribution in [0.3, 0.4) is 0 Å². The minimum absolute atomic E-state index is 0.170. The predicted molar refractivity (Wildman–Crippen MR) is 135 cm³/mol. The quantitative estimate of drug-likeness (QED) is 0.164. The molecule has 0 aliphatic carbocycles. The molecule has 0 radical (unpaired) electrons. The third kappa shape index (κ3) is 5.03. The van der Waals surface area contributed by atoms with Crippen molar-refractivity contribution in [3.05, 3.63) is 108 Å². The average molecular weight is 524 g/mol. The molecule has 3 aromatic rings. The summed E-state index contributed by atoms with van der Waals surface area (Å²) in [6.07, 6.45) is 1.58. The van der Waals surface area contributed by atoms with E-state index >= 15 is 0 Å². The summed E-state index contributed by atoms with van der Waals surface area (Å²) in [5.74, 6) is -0.378.